The Morgan fingerprint density at radius 2 is 1.59 bits per heavy atom. The SMILES string of the molecule is COCC(=O)N(C1CCCCC1)C1CCN(C2CCC2)CC1. The zero-order valence-corrected chi connectivity index (χ0v) is 14.1. The van der Waals surface area contributed by atoms with Gasteiger partial charge in [0.05, 0.1) is 0 Å². The average Bonchev–Trinajstić information content (AvgIpc) is 2.49. The summed E-state index contributed by atoms with van der Waals surface area (Å²) in [5, 5.41) is 0. The van der Waals surface area contributed by atoms with Gasteiger partial charge < -0.3 is 14.5 Å². The van der Waals surface area contributed by atoms with Gasteiger partial charge in [0.1, 0.15) is 6.61 Å². The molecular formula is C18H32N2O2. The van der Waals surface area contributed by atoms with E-state index in [2.05, 4.69) is 9.80 Å². The molecule has 4 nitrogen and oxygen atoms in total. The van der Waals surface area contributed by atoms with Gasteiger partial charge in [-0.15, -0.1) is 0 Å². The van der Waals surface area contributed by atoms with Crippen LogP contribution in [-0.2, 0) is 9.53 Å². The molecular weight excluding hydrogens is 276 g/mol. The van der Waals surface area contributed by atoms with E-state index in [0.29, 0.717) is 12.1 Å². The second kappa shape index (κ2) is 7.78. The van der Waals surface area contributed by atoms with Gasteiger partial charge in [-0.1, -0.05) is 25.7 Å². The zero-order valence-electron chi connectivity index (χ0n) is 14.1. The largest absolute Gasteiger partial charge is 0.375 e. The Hall–Kier alpha value is -0.610. The van der Waals surface area contributed by atoms with E-state index in [1.807, 2.05) is 0 Å². The Kier molecular flexibility index (Phi) is 5.75. The third-order valence-corrected chi connectivity index (χ3v) is 6.01. The number of methoxy groups -OCH3 is 1. The van der Waals surface area contributed by atoms with E-state index >= 15 is 0 Å². The van der Waals surface area contributed by atoms with Crippen molar-refractivity contribution in [3.8, 4) is 0 Å². The van der Waals surface area contributed by atoms with Crippen molar-refractivity contribution in [2.75, 3.05) is 26.8 Å². The van der Waals surface area contributed by atoms with Crippen LogP contribution in [0.1, 0.15) is 64.2 Å². The van der Waals surface area contributed by atoms with Crippen LogP contribution in [0.4, 0.5) is 0 Å². The fourth-order valence-corrected chi connectivity index (χ4v) is 4.54. The molecule has 2 saturated carbocycles. The lowest BCUT2D eigenvalue weighted by Crippen LogP contribution is -2.55. The van der Waals surface area contributed by atoms with Gasteiger partial charge >= 0.3 is 0 Å². The molecule has 0 aromatic rings. The molecule has 0 atom stereocenters. The highest BCUT2D eigenvalue weighted by Crippen LogP contribution is 2.31. The van der Waals surface area contributed by atoms with Crippen molar-refractivity contribution >= 4 is 5.91 Å². The molecule has 2 aliphatic carbocycles. The van der Waals surface area contributed by atoms with Crippen LogP contribution in [0.2, 0.25) is 0 Å². The van der Waals surface area contributed by atoms with Crippen LogP contribution in [0, 0.1) is 0 Å². The molecule has 0 unspecified atom stereocenters. The number of rotatable bonds is 5. The molecule has 126 valence electrons. The fourth-order valence-electron chi connectivity index (χ4n) is 4.54. The molecule has 0 radical (unpaired) electrons. The molecule has 0 bridgehead atoms. The normalized spacial score (nSPS) is 25.9. The Labute approximate surface area is 135 Å². The summed E-state index contributed by atoms with van der Waals surface area (Å²) in [6.45, 7) is 2.61. The van der Waals surface area contributed by atoms with Crippen molar-refractivity contribution in [3.63, 3.8) is 0 Å². The second-order valence-corrected chi connectivity index (χ2v) is 7.38. The lowest BCUT2D eigenvalue weighted by Gasteiger charge is -2.46. The van der Waals surface area contributed by atoms with E-state index in [0.717, 1.165) is 18.9 Å². The van der Waals surface area contributed by atoms with Gasteiger partial charge in [0, 0.05) is 38.3 Å². The van der Waals surface area contributed by atoms with E-state index in [4.69, 9.17) is 4.74 Å². The topological polar surface area (TPSA) is 32.8 Å². The van der Waals surface area contributed by atoms with Crippen molar-refractivity contribution in [2.24, 2.45) is 0 Å². The monoisotopic (exact) mass is 308 g/mol. The fraction of sp³-hybridized carbons (Fsp3) is 0.944. The molecule has 1 saturated heterocycles. The summed E-state index contributed by atoms with van der Waals surface area (Å²) in [5.74, 6) is 0.219. The molecule has 1 aliphatic heterocycles. The minimum absolute atomic E-state index is 0.219. The zero-order chi connectivity index (χ0) is 15.4. The molecule has 0 N–H and O–H groups in total. The molecule has 3 aliphatic rings. The molecule has 0 aromatic carbocycles. The van der Waals surface area contributed by atoms with Crippen LogP contribution in [0.5, 0.6) is 0 Å². The van der Waals surface area contributed by atoms with Crippen LogP contribution in [0.3, 0.4) is 0 Å². The molecule has 0 spiro atoms. The molecule has 0 aromatic heterocycles. The van der Waals surface area contributed by atoms with Crippen LogP contribution >= 0.6 is 0 Å². The highest BCUT2D eigenvalue weighted by atomic mass is 16.5. The highest BCUT2D eigenvalue weighted by Gasteiger charge is 2.35. The Balaban J connectivity index is 1.59. The van der Waals surface area contributed by atoms with Crippen molar-refractivity contribution < 1.29 is 9.53 Å². The first-order chi connectivity index (χ1) is 10.8. The third-order valence-electron chi connectivity index (χ3n) is 6.01. The summed E-state index contributed by atoms with van der Waals surface area (Å²) in [5.41, 5.74) is 0. The molecule has 3 fully saturated rings. The van der Waals surface area contributed by atoms with Gasteiger partial charge in [0.15, 0.2) is 0 Å². The van der Waals surface area contributed by atoms with Gasteiger partial charge in [0.2, 0.25) is 5.91 Å². The van der Waals surface area contributed by atoms with Gasteiger partial charge in [-0.2, -0.15) is 0 Å². The highest BCUT2D eigenvalue weighted by molar-refractivity contribution is 5.78. The summed E-state index contributed by atoms with van der Waals surface area (Å²) in [6, 6.07) is 1.76. The maximum atomic E-state index is 12.6. The van der Waals surface area contributed by atoms with Crippen LogP contribution in [0.25, 0.3) is 0 Å². The number of piperidine rings is 1. The number of carbonyl (C=O) groups is 1. The summed E-state index contributed by atoms with van der Waals surface area (Å²) < 4.78 is 5.15. The van der Waals surface area contributed by atoms with Gasteiger partial charge in [-0.05, 0) is 38.5 Å². The van der Waals surface area contributed by atoms with Crippen LogP contribution < -0.4 is 0 Å². The quantitative estimate of drug-likeness (QED) is 0.783. The van der Waals surface area contributed by atoms with Crippen molar-refractivity contribution in [1.29, 1.82) is 0 Å². The van der Waals surface area contributed by atoms with E-state index in [9.17, 15) is 4.79 Å². The number of carbonyl (C=O) groups excluding carboxylic acids is 1. The van der Waals surface area contributed by atoms with E-state index < -0.39 is 0 Å². The third kappa shape index (κ3) is 3.65. The number of likely N-dealkylation sites (tertiary alicyclic amines) is 1. The lowest BCUT2D eigenvalue weighted by molar-refractivity contribution is -0.142. The van der Waals surface area contributed by atoms with Gasteiger partial charge in [0.25, 0.3) is 0 Å². The number of nitrogens with zero attached hydrogens (tertiary/aromatic N) is 2. The van der Waals surface area contributed by atoms with Crippen LogP contribution in [0.15, 0.2) is 0 Å². The van der Waals surface area contributed by atoms with Gasteiger partial charge in [-0.3, -0.25) is 4.79 Å². The van der Waals surface area contributed by atoms with E-state index in [1.165, 1.54) is 64.5 Å². The molecule has 3 rings (SSSR count). The number of ether oxygens (including phenoxy) is 1. The molecule has 1 heterocycles. The molecule has 22 heavy (non-hydrogen) atoms. The first-order valence-electron chi connectivity index (χ1n) is 9.33. The summed E-state index contributed by atoms with van der Waals surface area (Å²) in [4.78, 5) is 17.5. The standard InChI is InChI=1S/C18H32N2O2/c1-22-14-18(21)20(16-6-3-2-4-7-16)17-10-12-19(13-11-17)15-8-5-9-15/h15-17H,2-14H2,1H3. The first kappa shape index (κ1) is 16.3. The molecule has 1 amide bonds. The van der Waals surface area contributed by atoms with Crippen molar-refractivity contribution in [3.05, 3.63) is 0 Å². The first-order valence-corrected chi connectivity index (χ1v) is 9.33. The Morgan fingerprint density at radius 3 is 2.14 bits per heavy atom. The minimum Gasteiger partial charge on any atom is -0.375 e. The molecule has 4 heteroatoms. The Morgan fingerprint density at radius 1 is 0.955 bits per heavy atom. The summed E-state index contributed by atoms with van der Waals surface area (Å²) in [7, 11) is 1.64. The second-order valence-electron chi connectivity index (χ2n) is 7.38. The van der Waals surface area contributed by atoms with Crippen molar-refractivity contribution in [1.82, 2.24) is 9.80 Å². The number of hydrogen-bond acceptors (Lipinski definition) is 3. The maximum Gasteiger partial charge on any atom is 0.249 e. The van der Waals surface area contributed by atoms with Crippen LogP contribution in [-0.4, -0.2) is 60.6 Å². The van der Waals surface area contributed by atoms with Crippen molar-refractivity contribution in [2.45, 2.75) is 82.3 Å². The number of hydrogen-bond donors (Lipinski definition) is 0. The van der Waals surface area contributed by atoms with E-state index in [1.54, 1.807) is 7.11 Å². The summed E-state index contributed by atoms with van der Waals surface area (Å²) in [6.07, 6.45) is 12.8. The number of amides is 1. The van der Waals surface area contributed by atoms with E-state index in [-0.39, 0.29) is 12.5 Å². The summed E-state index contributed by atoms with van der Waals surface area (Å²) >= 11 is 0. The lowest BCUT2D eigenvalue weighted by atomic mass is 9.88. The predicted octanol–water partition coefficient (Wildman–Crippen LogP) is 2.81. The Bertz CT molecular complexity index is 356. The smallest absolute Gasteiger partial charge is 0.249 e. The minimum atomic E-state index is 0.219. The average molecular weight is 308 g/mol. The maximum absolute atomic E-state index is 12.6. The predicted molar refractivity (Wildman–Crippen MR) is 87.8 cm³/mol. The van der Waals surface area contributed by atoms with Gasteiger partial charge in [-0.25, -0.2) is 0 Å².